The van der Waals surface area contributed by atoms with Gasteiger partial charge in [-0.2, -0.15) is 5.10 Å². The maximum atomic E-state index is 12.3. The lowest BCUT2D eigenvalue weighted by Gasteiger charge is -2.43. The number of aromatic nitrogens is 2. The van der Waals surface area contributed by atoms with E-state index in [9.17, 15) is 13.5 Å². The molecular weight excluding hydrogens is 386 g/mol. The van der Waals surface area contributed by atoms with Crippen LogP contribution in [0.3, 0.4) is 0 Å². The summed E-state index contributed by atoms with van der Waals surface area (Å²) in [5.74, 6) is 0.404. The molecule has 2 N–H and O–H groups in total. The molecule has 0 amide bonds. The summed E-state index contributed by atoms with van der Waals surface area (Å²) in [4.78, 5) is 0. The van der Waals surface area contributed by atoms with Crippen LogP contribution in [0.15, 0.2) is 18.3 Å². The maximum Gasteiger partial charge on any atom is 0.214 e. The molecule has 0 bridgehead atoms. The van der Waals surface area contributed by atoms with Gasteiger partial charge in [0, 0.05) is 29.1 Å². The molecule has 1 aromatic heterocycles. The van der Waals surface area contributed by atoms with Gasteiger partial charge in [0.2, 0.25) is 10.0 Å². The fraction of sp³-hybridized carbons (Fsp3) is 0.632. The second kappa shape index (κ2) is 7.70. The van der Waals surface area contributed by atoms with Crippen LogP contribution in [0.1, 0.15) is 51.7 Å². The first kappa shape index (κ1) is 20.6. The van der Waals surface area contributed by atoms with Crippen LogP contribution in [0.4, 0.5) is 0 Å². The molecule has 3 rings (SSSR count). The van der Waals surface area contributed by atoms with Gasteiger partial charge < -0.3 is 5.11 Å². The number of nitrogens with zero attached hydrogens (tertiary/aromatic N) is 2. The van der Waals surface area contributed by atoms with E-state index in [1.807, 2.05) is 26.8 Å². The van der Waals surface area contributed by atoms with Crippen LogP contribution < -0.4 is 0 Å². The summed E-state index contributed by atoms with van der Waals surface area (Å²) in [6.45, 7) is 6.99. The highest BCUT2D eigenvalue weighted by Gasteiger charge is 2.41. The number of piperidine rings is 1. The topological polar surface area (TPSA) is 86.3 Å². The van der Waals surface area contributed by atoms with Crippen molar-refractivity contribution in [2.24, 2.45) is 11.3 Å². The quantitative estimate of drug-likeness (QED) is 0.755. The van der Waals surface area contributed by atoms with Crippen molar-refractivity contribution in [3.05, 3.63) is 28.9 Å². The van der Waals surface area contributed by atoms with Crippen LogP contribution >= 0.6 is 11.6 Å². The van der Waals surface area contributed by atoms with Gasteiger partial charge in [-0.3, -0.25) is 5.10 Å². The van der Waals surface area contributed by atoms with Gasteiger partial charge in [0.15, 0.2) is 0 Å². The Balaban J connectivity index is 1.79. The molecule has 1 fully saturated rings. The van der Waals surface area contributed by atoms with E-state index in [2.05, 4.69) is 10.2 Å². The van der Waals surface area contributed by atoms with Crippen molar-refractivity contribution in [3.63, 3.8) is 0 Å². The molecule has 6 nitrogen and oxygen atoms in total. The molecule has 0 radical (unpaired) electrons. The Kier molecular flexibility index (Phi) is 5.87. The van der Waals surface area contributed by atoms with Crippen molar-refractivity contribution < 1.29 is 13.5 Å². The van der Waals surface area contributed by atoms with E-state index in [1.54, 1.807) is 16.6 Å². The Morgan fingerprint density at radius 2 is 2.04 bits per heavy atom. The first-order valence-corrected chi connectivity index (χ1v) is 11.4. The number of aliphatic hydroxyl groups excluding tert-OH is 1. The smallest absolute Gasteiger partial charge is 0.214 e. The Bertz CT molecular complexity index is 902. The number of hydrogen-bond acceptors (Lipinski definition) is 4. The molecule has 27 heavy (non-hydrogen) atoms. The van der Waals surface area contributed by atoms with Gasteiger partial charge in [0.25, 0.3) is 0 Å². The zero-order chi connectivity index (χ0) is 19.8. The van der Waals surface area contributed by atoms with Gasteiger partial charge in [-0.25, -0.2) is 12.7 Å². The first-order valence-electron chi connectivity index (χ1n) is 9.45. The Hall–Kier alpha value is -1.15. The van der Waals surface area contributed by atoms with Crippen molar-refractivity contribution in [2.45, 2.75) is 46.1 Å². The van der Waals surface area contributed by atoms with E-state index >= 15 is 0 Å². The van der Waals surface area contributed by atoms with Crippen LogP contribution in [0, 0.1) is 11.3 Å². The van der Waals surface area contributed by atoms with E-state index in [-0.39, 0.29) is 11.7 Å². The van der Waals surface area contributed by atoms with E-state index in [0.29, 0.717) is 24.5 Å². The standard InChI is InChI=1S/C19H28ClN3O3S/c1-4-9-27(25,26)23-7-5-14(6-8-23)19(2,3)18(24)16-11-15(20)10-13-12-21-22-17(13)16/h10-12,14,18,24H,4-9H2,1-3H3,(H,21,22). The van der Waals surface area contributed by atoms with Crippen LogP contribution in [0.25, 0.3) is 10.9 Å². The average molecular weight is 414 g/mol. The molecule has 1 unspecified atom stereocenters. The fourth-order valence-electron chi connectivity index (χ4n) is 4.15. The normalized spacial score (nSPS) is 18.9. The number of aliphatic hydroxyl groups is 1. The van der Waals surface area contributed by atoms with E-state index < -0.39 is 21.5 Å². The largest absolute Gasteiger partial charge is 0.388 e. The summed E-state index contributed by atoms with van der Waals surface area (Å²) in [5.41, 5.74) is 1.10. The first-order chi connectivity index (χ1) is 12.7. The highest BCUT2D eigenvalue weighted by Crippen LogP contribution is 2.46. The molecule has 1 aromatic carbocycles. The molecule has 0 spiro atoms. The molecule has 150 valence electrons. The number of aromatic amines is 1. The van der Waals surface area contributed by atoms with E-state index in [0.717, 1.165) is 29.3 Å². The molecule has 1 atom stereocenters. The van der Waals surface area contributed by atoms with Gasteiger partial charge in [-0.1, -0.05) is 32.4 Å². The molecule has 0 aliphatic carbocycles. The monoisotopic (exact) mass is 413 g/mol. The number of H-pyrrole nitrogens is 1. The molecule has 1 aliphatic rings. The number of halogens is 1. The minimum absolute atomic E-state index is 0.198. The van der Waals surface area contributed by atoms with Gasteiger partial charge in [-0.05, 0) is 42.7 Å². The highest BCUT2D eigenvalue weighted by molar-refractivity contribution is 7.89. The number of sulfonamides is 1. The van der Waals surface area contributed by atoms with Crippen LogP contribution in [0.2, 0.25) is 5.02 Å². The average Bonchev–Trinajstić information content (AvgIpc) is 3.08. The van der Waals surface area contributed by atoms with Crippen LogP contribution in [-0.2, 0) is 10.0 Å². The predicted molar refractivity (Wildman–Crippen MR) is 108 cm³/mol. The molecule has 0 saturated carbocycles. The van der Waals surface area contributed by atoms with Crippen LogP contribution in [-0.4, -0.2) is 46.9 Å². The third-order valence-electron chi connectivity index (χ3n) is 5.91. The van der Waals surface area contributed by atoms with E-state index in [1.165, 1.54) is 0 Å². The summed E-state index contributed by atoms with van der Waals surface area (Å²) in [6.07, 6.45) is 3.06. The summed E-state index contributed by atoms with van der Waals surface area (Å²) >= 11 is 6.23. The highest BCUT2D eigenvalue weighted by atomic mass is 35.5. The second-order valence-corrected chi connectivity index (χ2v) is 10.6. The number of fused-ring (bicyclic) bond motifs is 1. The Morgan fingerprint density at radius 3 is 2.67 bits per heavy atom. The van der Waals surface area contributed by atoms with Crippen LogP contribution in [0.5, 0.6) is 0 Å². The Labute approximate surface area is 166 Å². The van der Waals surface area contributed by atoms with Crippen molar-refractivity contribution >= 4 is 32.5 Å². The lowest BCUT2D eigenvalue weighted by atomic mass is 9.68. The summed E-state index contributed by atoms with van der Waals surface area (Å²) in [7, 11) is -3.16. The van der Waals surface area contributed by atoms with Crippen molar-refractivity contribution in [1.29, 1.82) is 0 Å². The molecular formula is C19H28ClN3O3S. The second-order valence-electron chi connectivity index (χ2n) is 8.04. The summed E-state index contributed by atoms with van der Waals surface area (Å²) < 4.78 is 26.2. The third kappa shape index (κ3) is 4.01. The molecule has 1 saturated heterocycles. The van der Waals surface area contributed by atoms with Crippen molar-refractivity contribution in [2.75, 3.05) is 18.8 Å². The number of rotatable bonds is 6. The zero-order valence-corrected chi connectivity index (χ0v) is 17.6. The zero-order valence-electron chi connectivity index (χ0n) is 16.1. The SMILES string of the molecule is CCCS(=O)(=O)N1CCC(C(C)(C)C(O)c2cc(Cl)cc3cn[nH]c23)CC1. The van der Waals surface area contributed by atoms with Gasteiger partial charge in [0.1, 0.15) is 0 Å². The summed E-state index contributed by atoms with van der Waals surface area (Å²) in [5, 5.41) is 19.7. The van der Waals surface area contributed by atoms with Crippen molar-refractivity contribution in [3.8, 4) is 0 Å². The minimum atomic E-state index is -3.16. The van der Waals surface area contributed by atoms with Gasteiger partial charge >= 0.3 is 0 Å². The molecule has 2 heterocycles. The number of nitrogens with one attached hydrogen (secondary N) is 1. The summed E-state index contributed by atoms with van der Waals surface area (Å²) in [6, 6.07) is 3.61. The molecule has 8 heteroatoms. The minimum Gasteiger partial charge on any atom is -0.388 e. The van der Waals surface area contributed by atoms with Gasteiger partial charge in [0.05, 0.1) is 23.6 Å². The number of hydrogen-bond donors (Lipinski definition) is 2. The third-order valence-corrected chi connectivity index (χ3v) is 8.20. The Morgan fingerprint density at radius 1 is 1.37 bits per heavy atom. The number of benzene rings is 1. The molecule has 1 aliphatic heterocycles. The molecule has 2 aromatic rings. The van der Waals surface area contributed by atoms with Crippen molar-refractivity contribution in [1.82, 2.24) is 14.5 Å². The van der Waals surface area contributed by atoms with Gasteiger partial charge in [-0.15, -0.1) is 0 Å². The fourth-order valence-corrected chi connectivity index (χ4v) is 5.93. The van der Waals surface area contributed by atoms with E-state index in [4.69, 9.17) is 11.6 Å². The lowest BCUT2D eigenvalue weighted by Crippen LogP contribution is -2.44. The maximum absolute atomic E-state index is 12.3. The lowest BCUT2D eigenvalue weighted by molar-refractivity contribution is -0.0113. The predicted octanol–water partition coefficient (Wildman–Crippen LogP) is 3.73.